The molecule has 1 fully saturated rings. The summed E-state index contributed by atoms with van der Waals surface area (Å²) in [7, 11) is 0. The van der Waals surface area contributed by atoms with E-state index in [4.69, 9.17) is 37.0 Å². The predicted molar refractivity (Wildman–Crippen MR) is 88.8 cm³/mol. The molecule has 8 nitrogen and oxygen atoms in total. The van der Waals surface area contributed by atoms with Gasteiger partial charge in [0, 0.05) is 0 Å². The van der Waals surface area contributed by atoms with Gasteiger partial charge in [-0.05, 0) is 22.9 Å². The van der Waals surface area contributed by atoms with E-state index in [2.05, 4.69) is 4.74 Å². The maximum atomic E-state index is 9.12. The van der Waals surface area contributed by atoms with Crippen LogP contribution in [0, 0.1) is 0 Å². The first-order chi connectivity index (χ1) is 11.3. The average molecular weight is 338 g/mol. The van der Waals surface area contributed by atoms with Crippen molar-refractivity contribution in [3.05, 3.63) is 36.4 Å². The molecule has 3 unspecified atom stereocenters. The van der Waals surface area contributed by atoms with Gasteiger partial charge in [-0.1, -0.05) is 24.3 Å². The van der Waals surface area contributed by atoms with Crippen molar-refractivity contribution in [3.63, 3.8) is 0 Å². The van der Waals surface area contributed by atoms with Crippen LogP contribution in [0.15, 0.2) is 36.4 Å². The second-order valence-electron chi connectivity index (χ2n) is 5.55. The number of ether oxygens (including phenoxy) is 1. The molecular weight excluding hydrogens is 316 g/mol. The third-order valence-electron chi connectivity index (χ3n) is 3.82. The Morgan fingerprint density at radius 3 is 1.79 bits per heavy atom. The molecule has 2 aromatic carbocycles. The molecule has 132 valence electrons. The zero-order valence-corrected chi connectivity index (χ0v) is 12.9. The van der Waals surface area contributed by atoms with E-state index in [1.165, 1.54) is 0 Å². The molecular formula is C16H22N2O6. The molecule has 0 spiro atoms. The molecule has 1 saturated heterocycles. The molecule has 1 heterocycles. The highest BCUT2D eigenvalue weighted by atomic mass is 16.6. The van der Waals surface area contributed by atoms with Gasteiger partial charge >= 0.3 is 0 Å². The second kappa shape index (κ2) is 7.75. The zero-order chi connectivity index (χ0) is 17.9. The van der Waals surface area contributed by atoms with Crippen molar-refractivity contribution in [2.24, 2.45) is 0 Å². The zero-order valence-electron chi connectivity index (χ0n) is 12.9. The molecule has 1 aliphatic heterocycles. The maximum Gasteiger partial charge on any atom is 0.184 e. The topological polar surface area (TPSA) is 162 Å². The first-order valence-electron chi connectivity index (χ1n) is 7.37. The van der Waals surface area contributed by atoms with Gasteiger partial charge in [0.05, 0.1) is 18.0 Å². The molecule has 8 heteroatoms. The van der Waals surface area contributed by atoms with Crippen molar-refractivity contribution < 1.29 is 30.3 Å². The van der Waals surface area contributed by atoms with Gasteiger partial charge in [0.2, 0.25) is 0 Å². The Kier molecular flexibility index (Phi) is 5.94. The van der Waals surface area contributed by atoms with Crippen LogP contribution in [-0.2, 0) is 4.74 Å². The molecule has 2 aromatic rings. The molecule has 0 aliphatic carbocycles. The van der Waals surface area contributed by atoms with Crippen molar-refractivity contribution >= 4 is 22.1 Å². The molecule has 0 aromatic heterocycles. The molecule has 0 radical (unpaired) electrons. The molecule has 0 saturated carbocycles. The second-order valence-corrected chi connectivity index (χ2v) is 5.55. The fraction of sp³-hybridized carbons (Fsp3) is 0.375. The summed E-state index contributed by atoms with van der Waals surface area (Å²) in [6.07, 6.45) is -7.04. The van der Waals surface area contributed by atoms with E-state index in [1.54, 1.807) is 0 Å². The summed E-state index contributed by atoms with van der Waals surface area (Å²) < 4.78 is 4.58. The summed E-state index contributed by atoms with van der Waals surface area (Å²) in [4.78, 5) is 0. The largest absolute Gasteiger partial charge is 0.397 e. The number of nitrogen functional groups attached to an aromatic ring is 2. The summed E-state index contributed by atoms with van der Waals surface area (Å²) in [5.41, 5.74) is 12.6. The van der Waals surface area contributed by atoms with E-state index >= 15 is 0 Å². The fourth-order valence-electron chi connectivity index (χ4n) is 2.36. The molecule has 24 heavy (non-hydrogen) atoms. The van der Waals surface area contributed by atoms with E-state index in [0.29, 0.717) is 11.4 Å². The molecule has 5 atom stereocenters. The van der Waals surface area contributed by atoms with Crippen LogP contribution in [0.5, 0.6) is 0 Å². The Morgan fingerprint density at radius 2 is 1.33 bits per heavy atom. The number of anilines is 2. The van der Waals surface area contributed by atoms with Crippen LogP contribution in [0.4, 0.5) is 11.4 Å². The first-order valence-corrected chi connectivity index (χ1v) is 7.37. The summed E-state index contributed by atoms with van der Waals surface area (Å²) in [5.74, 6) is 0. The van der Waals surface area contributed by atoms with Crippen molar-refractivity contribution in [3.8, 4) is 0 Å². The normalized spacial score (nSPS) is 29.8. The summed E-state index contributed by atoms with van der Waals surface area (Å²) in [5, 5.41) is 46.9. The van der Waals surface area contributed by atoms with E-state index in [9.17, 15) is 0 Å². The quantitative estimate of drug-likeness (QED) is 0.318. The highest BCUT2D eigenvalue weighted by molar-refractivity contribution is 5.90. The Bertz CT molecular complexity index is 637. The molecule has 3 rings (SSSR count). The van der Waals surface area contributed by atoms with Gasteiger partial charge in [0.15, 0.2) is 6.29 Å². The van der Waals surface area contributed by atoms with Crippen LogP contribution < -0.4 is 11.5 Å². The fourth-order valence-corrected chi connectivity index (χ4v) is 2.36. The van der Waals surface area contributed by atoms with Gasteiger partial charge in [-0.3, -0.25) is 0 Å². The van der Waals surface area contributed by atoms with Gasteiger partial charge in [0.1, 0.15) is 24.4 Å². The van der Waals surface area contributed by atoms with Crippen LogP contribution in [0.25, 0.3) is 10.8 Å². The smallest absolute Gasteiger partial charge is 0.184 e. The van der Waals surface area contributed by atoms with Crippen LogP contribution in [0.2, 0.25) is 0 Å². The number of hydrogen-bond acceptors (Lipinski definition) is 8. The van der Waals surface area contributed by atoms with E-state index in [-0.39, 0.29) is 0 Å². The Morgan fingerprint density at radius 1 is 0.833 bits per heavy atom. The molecule has 1 aliphatic rings. The van der Waals surface area contributed by atoms with E-state index in [1.807, 2.05) is 36.4 Å². The maximum absolute atomic E-state index is 9.12. The van der Waals surface area contributed by atoms with Crippen molar-refractivity contribution in [1.82, 2.24) is 0 Å². The summed E-state index contributed by atoms with van der Waals surface area (Å²) in [6, 6.07) is 11.8. The number of benzene rings is 2. The van der Waals surface area contributed by atoms with Crippen LogP contribution in [0.1, 0.15) is 0 Å². The Balaban J connectivity index is 0.000000174. The number of aliphatic hydroxyl groups excluding tert-OH is 5. The molecule has 0 amide bonds. The van der Waals surface area contributed by atoms with E-state index in [0.717, 1.165) is 10.8 Å². The number of fused-ring (bicyclic) bond motifs is 1. The first kappa shape index (κ1) is 18.4. The lowest BCUT2D eigenvalue weighted by molar-refractivity contribution is -0.286. The highest BCUT2D eigenvalue weighted by Gasteiger charge is 2.42. The summed E-state index contributed by atoms with van der Waals surface area (Å²) in [6.45, 7) is -0.526. The lowest BCUT2D eigenvalue weighted by Crippen LogP contribution is -2.58. The highest BCUT2D eigenvalue weighted by Crippen LogP contribution is 2.23. The number of rotatable bonds is 1. The number of hydrogen-bond donors (Lipinski definition) is 7. The van der Waals surface area contributed by atoms with Crippen molar-refractivity contribution in [2.75, 3.05) is 18.1 Å². The third kappa shape index (κ3) is 3.93. The van der Waals surface area contributed by atoms with Gasteiger partial charge in [-0.25, -0.2) is 0 Å². The van der Waals surface area contributed by atoms with Crippen LogP contribution >= 0.6 is 0 Å². The minimum Gasteiger partial charge on any atom is -0.397 e. The SMILES string of the molecule is Nc1cc2ccccc2cc1N.OCC1OC(O)C(O)[C@H](O)[C@@H]1O. The lowest BCUT2D eigenvalue weighted by atomic mass is 10.00. The Labute approximate surface area is 138 Å². The third-order valence-corrected chi connectivity index (χ3v) is 3.82. The van der Waals surface area contributed by atoms with Gasteiger partial charge in [-0.15, -0.1) is 0 Å². The van der Waals surface area contributed by atoms with Crippen LogP contribution in [0.3, 0.4) is 0 Å². The van der Waals surface area contributed by atoms with Crippen LogP contribution in [-0.4, -0.2) is 62.8 Å². The van der Waals surface area contributed by atoms with Gasteiger partial charge in [0.25, 0.3) is 0 Å². The summed E-state index contributed by atoms with van der Waals surface area (Å²) >= 11 is 0. The standard InChI is InChI=1S/C10H10N2.C6H12O6/c11-9-5-7-3-1-2-4-8(7)6-10(9)12;7-1-2-3(8)4(9)5(10)6(11)12-2/h1-6H,11-12H2;2-11H,1H2/t;2?,3-,4-,5?,6?/m.1/s1. The predicted octanol–water partition coefficient (Wildman–Crippen LogP) is -1.22. The molecule has 9 N–H and O–H groups in total. The van der Waals surface area contributed by atoms with E-state index < -0.39 is 37.3 Å². The number of aliphatic hydroxyl groups is 5. The van der Waals surface area contributed by atoms with Gasteiger partial charge in [-0.2, -0.15) is 0 Å². The van der Waals surface area contributed by atoms with Crippen molar-refractivity contribution in [2.45, 2.75) is 30.7 Å². The van der Waals surface area contributed by atoms with Gasteiger partial charge < -0.3 is 41.7 Å². The Hall–Kier alpha value is -1.94. The minimum atomic E-state index is -1.57. The average Bonchev–Trinajstić information content (AvgIpc) is 2.58. The monoisotopic (exact) mass is 338 g/mol. The molecule has 0 bridgehead atoms. The lowest BCUT2D eigenvalue weighted by Gasteiger charge is -2.37. The number of nitrogens with two attached hydrogens (primary N) is 2. The van der Waals surface area contributed by atoms with Crippen molar-refractivity contribution in [1.29, 1.82) is 0 Å². The minimum absolute atomic E-state index is 0.526.